The molecule has 0 spiro atoms. The van der Waals surface area contributed by atoms with Gasteiger partial charge in [-0.25, -0.2) is 22.7 Å². The summed E-state index contributed by atoms with van der Waals surface area (Å²) in [5.41, 5.74) is -0.910. The lowest BCUT2D eigenvalue weighted by atomic mass is 10.1. The molecule has 2 heterocycles. The number of sulfonamides is 1. The monoisotopic (exact) mass is 400 g/mol. The highest BCUT2D eigenvalue weighted by molar-refractivity contribution is 7.89. The number of hydrogen-bond donors (Lipinski definition) is 1. The zero-order valence-corrected chi connectivity index (χ0v) is 15.2. The predicted molar refractivity (Wildman–Crippen MR) is 89.0 cm³/mol. The molecule has 1 aliphatic heterocycles. The molecule has 6 nitrogen and oxygen atoms in total. The van der Waals surface area contributed by atoms with Crippen molar-refractivity contribution in [3.8, 4) is 0 Å². The van der Waals surface area contributed by atoms with Crippen molar-refractivity contribution in [3.63, 3.8) is 0 Å². The Hall–Kier alpha value is -1.13. The van der Waals surface area contributed by atoms with Crippen molar-refractivity contribution in [2.45, 2.75) is 43.8 Å². The summed E-state index contributed by atoms with van der Waals surface area (Å²) in [5.74, 6) is 0.114. The van der Waals surface area contributed by atoms with Gasteiger partial charge in [0.1, 0.15) is 0 Å². The third-order valence-electron chi connectivity index (χ3n) is 3.93. The Labute approximate surface area is 149 Å². The third kappa shape index (κ3) is 5.96. The quantitative estimate of drug-likeness (QED) is 0.743. The molecule has 0 aromatic carbocycles. The maximum Gasteiger partial charge on any atom is 0.419 e. The molecular weight excluding hydrogens is 381 g/mol. The number of alkyl halides is 4. The van der Waals surface area contributed by atoms with Crippen molar-refractivity contribution < 1.29 is 21.6 Å². The number of nitrogens with zero attached hydrogens (tertiary/aromatic N) is 3. The summed E-state index contributed by atoms with van der Waals surface area (Å²) in [6.45, 7) is 2.44. The van der Waals surface area contributed by atoms with Gasteiger partial charge in [0.25, 0.3) is 0 Å². The highest BCUT2D eigenvalue weighted by atomic mass is 35.5. The van der Waals surface area contributed by atoms with E-state index in [1.54, 1.807) is 6.92 Å². The van der Waals surface area contributed by atoms with Gasteiger partial charge >= 0.3 is 6.18 Å². The largest absolute Gasteiger partial charge is 0.419 e. The van der Waals surface area contributed by atoms with Crippen LogP contribution in [-0.2, 0) is 16.2 Å². The van der Waals surface area contributed by atoms with Crippen molar-refractivity contribution in [1.29, 1.82) is 0 Å². The highest BCUT2D eigenvalue weighted by Gasteiger charge is 2.32. The van der Waals surface area contributed by atoms with Crippen LogP contribution in [0, 0.1) is 0 Å². The van der Waals surface area contributed by atoms with E-state index in [0.717, 1.165) is 12.4 Å². The van der Waals surface area contributed by atoms with Gasteiger partial charge in [0.05, 0.1) is 11.3 Å². The average Bonchev–Trinajstić information content (AvgIpc) is 2.53. The molecule has 1 aromatic rings. The lowest BCUT2D eigenvalue weighted by Gasteiger charge is -2.31. The fourth-order valence-electron chi connectivity index (χ4n) is 2.45. The van der Waals surface area contributed by atoms with Crippen LogP contribution < -0.4 is 5.32 Å². The summed E-state index contributed by atoms with van der Waals surface area (Å²) in [7, 11) is -3.33. The van der Waals surface area contributed by atoms with Crippen molar-refractivity contribution in [3.05, 3.63) is 18.0 Å². The molecule has 142 valence electrons. The van der Waals surface area contributed by atoms with Gasteiger partial charge in [0.15, 0.2) is 0 Å². The van der Waals surface area contributed by atoms with E-state index in [0.29, 0.717) is 32.4 Å². The molecule has 0 saturated carbocycles. The highest BCUT2D eigenvalue weighted by Crippen LogP contribution is 2.28. The van der Waals surface area contributed by atoms with E-state index in [2.05, 4.69) is 15.3 Å². The van der Waals surface area contributed by atoms with E-state index in [-0.39, 0.29) is 23.1 Å². The van der Waals surface area contributed by atoms with Gasteiger partial charge in [0, 0.05) is 36.9 Å². The average molecular weight is 401 g/mol. The van der Waals surface area contributed by atoms with Gasteiger partial charge < -0.3 is 5.32 Å². The number of piperidine rings is 1. The fraction of sp³-hybridized carbons (Fsp3) is 0.714. The van der Waals surface area contributed by atoms with Crippen LogP contribution in [0.2, 0.25) is 0 Å². The molecule has 1 atom stereocenters. The lowest BCUT2D eigenvalue weighted by Crippen LogP contribution is -2.43. The van der Waals surface area contributed by atoms with Gasteiger partial charge in [-0.15, -0.1) is 11.6 Å². The molecule has 0 radical (unpaired) electrons. The molecule has 1 aromatic heterocycles. The van der Waals surface area contributed by atoms with E-state index in [9.17, 15) is 21.6 Å². The van der Waals surface area contributed by atoms with Crippen LogP contribution >= 0.6 is 11.6 Å². The minimum atomic E-state index is -4.47. The lowest BCUT2D eigenvalue weighted by molar-refractivity contribution is -0.138. The van der Waals surface area contributed by atoms with Crippen LogP contribution in [0.3, 0.4) is 0 Å². The van der Waals surface area contributed by atoms with Gasteiger partial charge in [-0.3, -0.25) is 0 Å². The van der Waals surface area contributed by atoms with E-state index in [1.807, 2.05) is 0 Å². The summed E-state index contributed by atoms with van der Waals surface area (Å²) < 4.78 is 63.3. The number of halogens is 4. The first-order valence-electron chi connectivity index (χ1n) is 7.85. The Kier molecular flexibility index (Phi) is 6.50. The first-order valence-corrected chi connectivity index (χ1v) is 9.90. The van der Waals surface area contributed by atoms with Crippen molar-refractivity contribution in [2.24, 2.45) is 0 Å². The fourth-order valence-corrected chi connectivity index (χ4v) is 4.37. The second kappa shape index (κ2) is 8.05. The zero-order valence-electron chi connectivity index (χ0n) is 13.6. The molecule has 2 rings (SSSR count). The van der Waals surface area contributed by atoms with Crippen LogP contribution in [0.25, 0.3) is 0 Å². The van der Waals surface area contributed by atoms with Gasteiger partial charge in [-0.1, -0.05) is 0 Å². The molecule has 1 aliphatic rings. The summed E-state index contributed by atoms with van der Waals surface area (Å²) in [6, 6.07) is -0.0878. The first-order chi connectivity index (χ1) is 11.6. The molecule has 1 N–H and O–H groups in total. The Morgan fingerprint density at radius 1 is 1.32 bits per heavy atom. The van der Waals surface area contributed by atoms with E-state index < -0.39 is 21.8 Å². The Morgan fingerprint density at radius 3 is 2.36 bits per heavy atom. The maximum absolute atomic E-state index is 12.5. The molecule has 1 fully saturated rings. The van der Waals surface area contributed by atoms with E-state index in [4.69, 9.17) is 11.6 Å². The molecule has 0 bridgehead atoms. The smallest absolute Gasteiger partial charge is 0.351 e. The molecule has 0 aliphatic carbocycles. The van der Waals surface area contributed by atoms with Crippen molar-refractivity contribution >= 4 is 27.6 Å². The summed E-state index contributed by atoms with van der Waals surface area (Å²) in [5, 5.41) is 2.75. The topological polar surface area (TPSA) is 75.2 Å². The van der Waals surface area contributed by atoms with Crippen LogP contribution in [-0.4, -0.2) is 53.0 Å². The van der Waals surface area contributed by atoms with Crippen molar-refractivity contribution in [2.75, 3.05) is 24.2 Å². The second-order valence-electron chi connectivity index (χ2n) is 6.00. The first kappa shape index (κ1) is 20.2. The molecule has 0 amide bonds. The van der Waals surface area contributed by atoms with Crippen molar-refractivity contribution in [1.82, 2.24) is 14.3 Å². The normalized spacial score (nSPS) is 18.9. The van der Waals surface area contributed by atoms with Gasteiger partial charge in [-0.2, -0.15) is 13.2 Å². The number of anilines is 1. The minimum absolute atomic E-state index is 0.0117. The Balaban J connectivity index is 1.86. The Bertz CT molecular complexity index is 660. The number of rotatable bonds is 6. The molecule has 1 unspecified atom stereocenters. The molecule has 25 heavy (non-hydrogen) atoms. The number of hydrogen-bond acceptors (Lipinski definition) is 5. The Morgan fingerprint density at radius 2 is 1.88 bits per heavy atom. The summed E-state index contributed by atoms with van der Waals surface area (Å²) in [6.07, 6.45) is -1.58. The van der Waals surface area contributed by atoms with Gasteiger partial charge in [0.2, 0.25) is 16.0 Å². The van der Waals surface area contributed by atoms with E-state index in [1.165, 1.54) is 4.31 Å². The summed E-state index contributed by atoms with van der Waals surface area (Å²) >= 11 is 5.80. The third-order valence-corrected chi connectivity index (χ3v) is 6.06. The maximum atomic E-state index is 12.5. The van der Waals surface area contributed by atoms with Crippen LogP contribution in [0.1, 0.15) is 31.7 Å². The molecule has 1 saturated heterocycles. The number of nitrogens with one attached hydrogen (secondary N) is 1. The van der Waals surface area contributed by atoms with Crippen LogP contribution in [0.15, 0.2) is 12.4 Å². The van der Waals surface area contributed by atoms with Gasteiger partial charge in [-0.05, 0) is 26.2 Å². The minimum Gasteiger partial charge on any atom is -0.351 e. The van der Waals surface area contributed by atoms with Crippen LogP contribution in [0.5, 0.6) is 0 Å². The van der Waals surface area contributed by atoms with Crippen LogP contribution in [0.4, 0.5) is 19.1 Å². The molecule has 11 heteroatoms. The van der Waals surface area contributed by atoms with E-state index >= 15 is 0 Å². The SMILES string of the molecule is CC(Cl)CCS(=O)(=O)N1CCC(Nc2ncc(C(F)(F)F)cn2)CC1. The standard InChI is InChI=1S/C14H20ClF3N4O2S/c1-10(15)4-7-25(23,24)22-5-2-12(3-6-22)21-13-19-8-11(9-20-13)14(16,17)18/h8-10,12H,2-7H2,1H3,(H,19,20,21). The number of aromatic nitrogens is 2. The second-order valence-corrected chi connectivity index (χ2v) is 8.83. The zero-order chi connectivity index (χ0) is 18.7. The predicted octanol–water partition coefficient (Wildman–Crippen LogP) is 2.72. The summed E-state index contributed by atoms with van der Waals surface area (Å²) in [4.78, 5) is 7.33. The molecular formula is C14H20ClF3N4O2S.